The highest BCUT2D eigenvalue weighted by atomic mass is 16.7. The Morgan fingerprint density at radius 2 is 2.11 bits per heavy atom. The molecule has 1 heterocycles. The Balaban J connectivity index is 1.56. The topological polar surface area (TPSA) is 58.9 Å². The summed E-state index contributed by atoms with van der Waals surface area (Å²) in [5.41, 5.74) is -0.406. The molecular weight excluding hydrogens is 232 g/mol. The lowest BCUT2D eigenvalue weighted by Gasteiger charge is -2.22. The second kappa shape index (κ2) is 4.75. The first-order valence-corrected chi connectivity index (χ1v) is 7.29. The molecule has 0 aromatic carbocycles. The normalized spacial score (nSPS) is 45.2. The van der Waals surface area contributed by atoms with Gasteiger partial charge in [0.2, 0.25) is 0 Å². The second-order valence-corrected chi connectivity index (χ2v) is 6.19. The molecule has 3 aliphatic rings. The molecule has 0 radical (unpaired) electrons. The van der Waals surface area contributed by atoms with E-state index in [1.807, 2.05) is 6.92 Å². The molecule has 18 heavy (non-hydrogen) atoms. The molecular formula is C14H24O4. The predicted octanol–water partition coefficient (Wildman–Crippen LogP) is 1.44. The minimum Gasteiger partial charge on any atom is -0.393 e. The van der Waals surface area contributed by atoms with Gasteiger partial charge in [0.1, 0.15) is 0 Å². The Kier molecular flexibility index (Phi) is 3.39. The van der Waals surface area contributed by atoms with Gasteiger partial charge in [0.25, 0.3) is 0 Å². The zero-order valence-corrected chi connectivity index (χ0v) is 11.0. The molecule has 2 aliphatic carbocycles. The zero-order valence-electron chi connectivity index (χ0n) is 11.0. The lowest BCUT2D eigenvalue weighted by atomic mass is 9.87. The molecule has 2 unspecified atom stereocenters. The van der Waals surface area contributed by atoms with E-state index in [1.165, 1.54) is 0 Å². The van der Waals surface area contributed by atoms with Crippen LogP contribution in [0.25, 0.3) is 0 Å². The maximum Gasteiger partial charge on any atom is 0.158 e. The summed E-state index contributed by atoms with van der Waals surface area (Å²) in [6.07, 6.45) is 5.07. The number of ether oxygens (including phenoxy) is 2. The van der Waals surface area contributed by atoms with Gasteiger partial charge in [0.15, 0.2) is 6.29 Å². The molecule has 3 rings (SSSR count). The van der Waals surface area contributed by atoms with Crippen molar-refractivity contribution in [2.45, 2.75) is 69.5 Å². The Morgan fingerprint density at radius 1 is 1.33 bits per heavy atom. The van der Waals surface area contributed by atoms with Crippen LogP contribution in [0, 0.1) is 11.8 Å². The Morgan fingerprint density at radius 3 is 2.78 bits per heavy atom. The summed E-state index contributed by atoms with van der Waals surface area (Å²) in [5.74, 6) is 0.698. The highest BCUT2D eigenvalue weighted by Gasteiger charge is 2.50. The molecule has 0 amide bonds. The van der Waals surface area contributed by atoms with Crippen LogP contribution in [0.4, 0.5) is 0 Å². The summed E-state index contributed by atoms with van der Waals surface area (Å²) in [7, 11) is 0. The van der Waals surface area contributed by atoms with E-state index in [4.69, 9.17) is 9.47 Å². The van der Waals surface area contributed by atoms with Crippen LogP contribution in [-0.4, -0.2) is 40.9 Å². The number of hydrogen-bond acceptors (Lipinski definition) is 4. The monoisotopic (exact) mass is 256 g/mol. The quantitative estimate of drug-likeness (QED) is 0.781. The van der Waals surface area contributed by atoms with Crippen LogP contribution >= 0.6 is 0 Å². The largest absolute Gasteiger partial charge is 0.393 e. The Labute approximate surface area is 108 Å². The minimum absolute atomic E-state index is 0.0796. The lowest BCUT2D eigenvalue weighted by molar-refractivity contribution is -0.133. The molecule has 3 fully saturated rings. The highest BCUT2D eigenvalue weighted by Crippen LogP contribution is 2.48. The summed E-state index contributed by atoms with van der Waals surface area (Å²) in [5, 5.41) is 20.0. The molecule has 104 valence electrons. The van der Waals surface area contributed by atoms with E-state index in [0.717, 1.165) is 38.5 Å². The average molecular weight is 256 g/mol. The molecule has 1 saturated heterocycles. The van der Waals surface area contributed by atoms with Crippen molar-refractivity contribution >= 4 is 0 Å². The van der Waals surface area contributed by atoms with Crippen LogP contribution < -0.4 is 0 Å². The Bertz CT molecular complexity index is 302. The maximum atomic E-state index is 10.1. The first-order chi connectivity index (χ1) is 8.61. The van der Waals surface area contributed by atoms with Gasteiger partial charge in [-0.25, -0.2) is 0 Å². The summed E-state index contributed by atoms with van der Waals surface area (Å²) in [6.45, 7) is 2.66. The van der Waals surface area contributed by atoms with Crippen molar-refractivity contribution in [1.29, 1.82) is 0 Å². The number of hydrogen-bond donors (Lipinski definition) is 2. The van der Waals surface area contributed by atoms with E-state index in [2.05, 4.69) is 0 Å². The third kappa shape index (κ3) is 2.44. The van der Waals surface area contributed by atoms with Crippen molar-refractivity contribution in [2.24, 2.45) is 11.8 Å². The third-order valence-corrected chi connectivity index (χ3v) is 4.91. The van der Waals surface area contributed by atoms with Gasteiger partial charge in [-0.05, 0) is 44.4 Å². The van der Waals surface area contributed by atoms with Gasteiger partial charge in [-0.2, -0.15) is 0 Å². The van der Waals surface area contributed by atoms with E-state index in [-0.39, 0.29) is 24.4 Å². The number of aliphatic hydroxyl groups excluding tert-OH is 1. The zero-order chi connectivity index (χ0) is 12.8. The smallest absolute Gasteiger partial charge is 0.158 e. The van der Waals surface area contributed by atoms with Crippen molar-refractivity contribution in [2.75, 3.05) is 6.61 Å². The SMILES string of the molecule is CCOC1C[C@H]2C(C[C@H](O)[C@@H]2CCC2(O)CC2)O1. The van der Waals surface area contributed by atoms with Gasteiger partial charge >= 0.3 is 0 Å². The molecule has 0 aromatic rings. The van der Waals surface area contributed by atoms with Crippen molar-refractivity contribution in [3.05, 3.63) is 0 Å². The molecule has 2 saturated carbocycles. The van der Waals surface area contributed by atoms with Crippen LogP contribution in [0.3, 0.4) is 0 Å². The summed E-state index contributed by atoms with van der Waals surface area (Å²) in [6, 6.07) is 0. The van der Waals surface area contributed by atoms with E-state index in [0.29, 0.717) is 12.5 Å². The van der Waals surface area contributed by atoms with Gasteiger partial charge in [0, 0.05) is 19.4 Å². The van der Waals surface area contributed by atoms with Crippen LogP contribution in [0.2, 0.25) is 0 Å². The second-order valence-electron chi connectivity index (χ2n) is 6.19. The highest BCUT2D eigenvalue weighted by molar-refractivity contribution is 4.99. The number of rotatable bonds is 5. The van der Waals surface area contributed by atoms with Crippen molar-refractivity contribution in [1.82, 2.24) is 0 Å². The van der Waals surface area contributed by atoms with Gasteiger partial charge in [-0.15, -0.1) is 0 Å². The summed E-state index contributed by atoms with van der Waals surface area (Å²) < 4.78 is 11.4. The van der Waals surface area contributed by atoms with E-state index in [9.17, 15) is 10.2 Å². The first kappa shape index (κ1) is 12.9. The average Bonchev–Trinajstić information content (AvgIpc) is 2.80. The van der Waals surface area contributed by atoms with E-state index >= 15 is 0 Å². The van der Waals surface area contributed by atoms with Crippen LogP contribution in [0.5, 0.6) is 0 Å². The van der Waals surface area contributed by atoms with Gasteiger partial charge in [0.05, 0.1) is 17.8 Å². The maximum absolute atomic E-state index is 10.1. The first-order valence-electron chi connectivity index (χ1n) is 7.29. The lowest BCUT2D eigenvalue weighted by Crippen LogP contribution is -2.23. The fourth-order valence-corrected chi connectivity index (χ4v) is 3.63. The molecule has 4 nitrogen and oxygen atoms in total. The molecule has 2 N–H and O–H groups in total. The van der Waals surface area contributed by atoms with Crippen molar-refractivity contribution < 1.29 is 19.7 Å². The van der Waals surface area contributed by atoms with E-state index < -0.39 is 5.60 Å². The van der Waals surface area contributed by atoms with E-state index in [1.54, 1.807) is 0 Å². The van der Waals surface area contributed by atoms with Gasteiger partial charge in [-0.3, -0.25) is 0 Å². The molecule has 1 aliphatic heterocycles. The molecule has 4 heteroatoms. The molecule has 0 bridgehead atoms. The molecule has 0 spiro atoms. The minimum atomic E-state index is -0.406. The summed E-state index contributed by atoms with van der Waals surface area (Å²) in [4.78, 5) is 0. The number of aliphatic hydroxyl groups is 2. The fourth-order valence-electron chi connectivity index (χ4n) is 3.63. The predicted molar refractivity (Wildman–Crippen MR) is 65.9 cm³/mol. The summed E-state index contributed by atoms with van der Waals surface area (Å²) >= 11 is 0. The van der Waals surface area contributed by atoms with Crippen molar-refractivity contribution in [3.8, 4) is 0 Å². The van der Waals surface area contributed by atoms with Crippen LogP contribution in [0.1, 0.15) is 45.4 Å². The number of fused-ring (bicyclic) bond motifs is 1. The van der Waals surface area contributed by atoms with Crippen LogP contribution in [0.15, 0.2) is 0 Å². The van der Waals surface area contributed by atoms with Gasteiger partial charge < -0.3 is 19.7 Å². The fraction of sp³-hybridized carbons (Fsp3) is 1.00. The van der Waals surface area contributed by atoms with Gasteiger partial charge in [-0.1, -0.05) is 0 Å². The van der Waals surface area contributed by atoms with Crippen LogP contribution in [-0.2, 0) is 9.47 Å². The molecule has 0 aromatic heterocycles. The van der Waals surface area contributed by atoms with Crippen molar-refractivity contribution in [3.63, 3.8) is 0 Å². The standard InChI is InChI=1S/C14H24O4/c1-2-17-13-7-10-9(3-4-14(16)5-6-14)11(15)8-12(10)18-13/h9-13,15-16H,2-8H2,1H3/t9-,10-,11+,12?,13?/m1/s1. The molecule has 5 atom stereocenters. The third-order valence-electron chi connectivity index (χ3n) is 4.91. The Hall–Kier alpha value is -0.160.